The lowest BCUT2D eigenvalue weighted by Gasteiger charge is -1.90. The molecule has 0 aromatic heterocycles. The van der Waals surface area contributed by atoms with Gasteiger partial charge in [-0.25, -0.2) is 0 Å². The van der Waals surface area contributed by atoms with Crippen LogP contribution in [0.3, 0.4) is 0 Å². The van der Waals surface area contributed by atoms with Gasteiger partial charge in [0.2, 0.25) is 0 Å². The molecule has 0 aliphatic heterocycles. The summed E-state index contributed by atoms with van der Waals surface area (Å²) in [7, 11) is 0. The van der Waals surface area contributed by atoms with E-state index in [-0.39, 0.29) is 6.61 Å². The average Bonchev–Trinajstić information content (AvgIpc) is 2.16. The van der Waals surface area contributed by atoms with Gasteiger partial charge in [-0.05, 0) is 32.1 Å². The van der Waals surface area contributed by atoms with Crippen LogP contribution in [0.2, 0.25) is 0 Å². The first kappa shape index (κ1) is 12.2. The molecule has 0 bridgehead atoms. The van der Waals surface area contributed by atoms with Crippen molar-refractivity contribution in [2.45, 2.75) is 32.1 Å². The predicted octanol–water partition coefficient (Wildman–Crippen LogP) is 3.23. The molecule has 1 N–H and O–H groups in total. The molecule has 0 rings (SSSR count). The molecular weight excluding hydrogens is 160 g/mol. The summed E-state index contributed by atoms with van der Waals surface area (Å²) in [6.07, 6.45) is 15.6. The molecule has 0 saturated heterocycles. The molecule has 0 aliphatic carbocycles. The summed E-state index contributed by atoms with van der Waals surface area (Å²) in [4.78, 5) is 0. The quantitative estimate of drug-likeness (QED) is 0.345. The topological polar surface area (TPSA) is 20.2 Å². The van der Waals surface area contributed by atoms with E-state index >= 15 is 0 Å². The van der Waals surface area contributed by atoms with Crippen molar-refractivity contribution in [3.05, 3.63) is 37.0 Å². The molecule has 0 radical (unpaired) electrons. The van der Waals surface area contributed by atoms with Crippen molar-refractivity contribution in [1.29, 1.82) is 0 Å². The lowest BCUT2D eigenvalue weighted by atomic mass is 10.2. The van der Waals surface area contributed by atoms with E-state index in [0.717, 1.165) is 19.3 Å². The summed E-state index contributed by atoms with van der Waals surface area (Å²) in [5, 5.41) is 8.48. The van der Waals surface area contributed by atoms with Gasteiger partial charge in [0.25, 0.3) is 0 Å². The number of allylic oxidation sites excluding steroid dienone is 4. The smallest absolute Gasteiger partial charge is 0.0465 e. The maximum absolute atomic E-state index is 8.48. The standard InChI is InChI=1S/C12H20O/c1-2-3-4-5-6-7-8-9-10-11-12-13/h2,7-10,13H,1,3-6,11-12H2/b8-7+,10-9+. The molecule has 0 aromatic rings. The molecule has 0 saturated carbocycles. The molecule has 0 unspecified atom stereocenters. The summed E-state index contributed by atoms with van der Waals surface area (Å²) >= 11 is 0. The third-order valence-corrected chi connectivity index (χ3v) is 1.71. The minimum Gasteiger partial charge on any atom is -0.396 e. The molecular formula is C12H20O. The number of aliphatic hydroxyl groups is 1. The second-order valence-corrected chi connectivity index (χ2v) is 2.94. The number of hydrogen-bond donors (Lipinski definition) is 1. The fourth-order valence-electron chi connectivity index (χ4n) is 0.975. The highest BCUT2D eigenvalue weighted by Gasteiger charge is 1.81. The highest BCUT2D eigenvalue weighted by Crippen LogP contribution is 2.00. The first-order valence-electron chi connectivity index (χ1n) is 4.95. The summed E-state index contributed by atoms with van der Waals surface area (Å²) in [5.41, 5.74) is 0. The van der Waals surface area contributed by atoms with Gasteiger partial charge in [-0.2, -0.15) is 0 Å². The summed E-state index contributed by atoms with van der Waals surface area (Å²) in [6, 6.07) is 0. The van der Waals surface area contributed by atoms with Crippen LogP contribution in [0.25, 0.3) is 0 Å². The van der Waals surface area contributed by atoms with Crippen LogP contribution in [0.4, 0.5) is 0 Å². The van der Waals surface area contributed by atoms with Crippen molar-refractivity contribution in [3.63, 3.8) is 0 Å². The van der Waals surface area contributed by atoms with E-state index in [0.29, 0.717) is 0 Å². The van der Waals surface area contributed by atoms with Crippen molar-refractivity contribution in [1.82, 2.24) is 0 Å². The van der Waals surface area contributed by atoms with E-state index in [1.807, 2.05) is 24.3 Å². The number of aliphatic hydroxyl groups excluding tert-OH is 1. The van der Waals surface area contributed by atoms with Crippen LogP contribution in [0.5, 0.6) is 0 Å². The maximum atomic E-state index is 8.48. The number of rotatable bonds is 8. The molecule has 0 atom stereocenters. The number of hydrogen-bond acceptors (Lipinski definition) is 1. The van der Waals surface area contributed by atoms with Crippen molar-refractivity contribution < 1.29 is 5.11 Å². The molecule has 1 heteroatoms. The largest absolute Gasteiger partial charge is 0.396 e. The van der Waals surface area contributed by atoms with Crippen molar-refractivity contribution in [2.75, 3.05) is 6.61 Å². The van der Waals surface area contributed by atoms with Gasteiger partial charge in [0.1, 0.15) is 0 Å². The lowest BCUT2D eigenvalue weighted by molar-refractivity contribution is 0.302. The lowest BCUT2D eigenvalue weighted by Crippen LogP contribution is -1.74. The first-order valence-corrected chi connectivity index (χ1v) is 4.95. The third kappa shape index (κ3) is 11.2. The van der Waals surface area contributed by atoms with Gasteiger partial charge in [0.05, 0.1) is 0 Å². The third-order valence-electron chi connectivity index (χ3n) is 1.71. The molecule has 0 spiro atoms. The second-order valence-electron chi connectivity index (χ2n) is 2.94. The molecule has 74 valence electrons. The SMILES string of the molecule is C=CCCCC/C=C/C=C/CCO. The van der Waals surface area contributed by atoms with E-state index in [1.165, 1.54) is 12.8 Å². The van der Waals surface area contributed by atoms with Gasteiger partial charge in [-0.1, -0.05) is 30.4 Å². The average molecular weight is 180 g/mol. The van der Waals surface area contributed by atoms with E-state index in [9.17, 15) is 0 Å². The molecule has 0 aromatic carbocycles. The van der Waals surface area contributed by atoms with Gasteiger partial charge >= 0.3 is 0 Å². The van der Waals surface area contributed by atoms with Crippen LogP contribution < -0.4 is 0 Å². The Kier molecular flexibility index (Phi) is 10.5. The van der Waals surface area contributed by atoms with Crippen molar-refractivity contribution in [2.24, 2.45) is 0 Å². The molecule has 13 heavy (non-hydrogen) atoms. The minimum absolute atomic E-state index is 0.240. The Hall–Kier alpha value is -0.820. The Bertz CT molecular complexity index is 157. The van der Waals surface area contributed by atoms with Crippen molar-refractivity contribution >= 4 is 0 Å². The normalized spacial score (nSPS) is 11.5. The monoisotopic (exact) mass is 180 g/mol. The van der Waals surface area contributed by atoms with E-state index < -0.39 is 0 Å². The highest BCUT2D eigenvalue weighted by atomic mass is 16.2. The Morgan fingerprint density at radius 2 is 1.54 bits per heavy atom. The minimum atomic E-state index is 0.240. The van der Waals surface area contributed by atoms with Gasteiger partial charge in [-0.3, -0.25) is 0 Å². The molecule has 0 fully saturated rings. The molecule has 0 aliphatic rings. The van der Waals surface area contributed by atoms with Crippen LogP contribution in [-0.2, 0) is 0 Å². The molecule has 0 heterocycles. The van der Waals surface area contributed by atoms with Crippen molar-refractivity contribution in [3.8, 4) is 0 Å². The van der Waals surface area contributed by atoms with Crippen LogP contribution in [0.15, 0.2) is 37.0 Å². The van der Waals surface area contributed by atoms with Crippen LogP contribution in [0, 0.1) is 0 Å². The van der Waals surface area contributed by atoms with Gasteiger partial charge in [0.15, 0.2) is 0 Å². The van der Waals surface area contributed by atoms with Gasteiger partial charge in [0, 0.05) is 6.61 Å². The van der Waals surface area contributed by atoms with E-state index in [4.69, 9.17) is 5.11 Å². The molecule has 0 amide bonds. The highest BCUT2D eigenvalue weighted by molar-refractivity contribution is 5.02. The van der Waals surface area contributed by atoms with Crippen LogP contribution in [-0.4, -0.2) is 11.7 Å². The number of unbranched alkanes of at least 4 members (excludes halogenated alkanes) is 3. The zero-order valence-corrected chi connectivity index (χ0v) is 8.28. The Labute approximate surface area is 81.5 Å². The van der Waals surface area contributed by atoms with E-state index in [2.05, 4.69) is 12.7 Å². The van der Waals surface area contributed by atoms with E-state index in [1.54, 1.807) is 0 Å². The Morgan fingerprint density at radius 1 is 0.923 bits per heavy atom. The summed E-state index contributed by atoms with van der Waals surface area (Å²) in [6.45, 7) is 3.92. The Balaban J connectivity index is 3.16. The molecule has 1 nitrogen and oxygen atoms in total. The fraction of sp³-hybridized carbons (Fsp3) is 0.500. The van der Waals surface area contributed by atoms with Gasteiger partial charge < -0.3 is 5.11 Å². The zero-order valence-electron chi connectivity index (χ0n) is 8.28. The van der Waals surface area contributed by atoms with Crippen LogP contribution >= 0.6 is 0 Å². The second kappa shape index (κ2) is 11.2. The zero-order chi connectivity index (χ0) is 9.78. The fourth-order valence-corrected chi connectivity index (χ4v) is 0.975. The Morgan fingerprint density at radius 3 is 2.15 bits per heavy atom. The van der Waals surface area contributed by atoms with Gasteiger partial charge in [-0.15, -0.1) is 6.58 Å². The first-order chi connectivity index (χ1) is 6.41. The maximum Gasteiger partial charge on any atom is 0.0465 e. The summed E-state index contributed by atoms with van der Waals surface area (Å²) in [5.74, 6) is 0. The predicted molar refractivity (Wildman–Crippen MR) is 58.6 cm³/mol. The van der Waals surface area contributed by atoms with Crippen LogP contribution in [0.1, 0.15) is 32.1 Å². The summed E-state index contributed by atoms with van der Waals surface area (Å²) < 4.78 is 0.